The van der Waals surface area contributed by atoms with E-state index >= 15 is 8.78 Å². The molecule has 67 heavy (non-hydrogen) atoms. The largest absolute Gasteiger partial charge is 0.480 e. The number of likely N-dealkylation sites (tertiary alicyclic amines) is 1. The number of rotatable bonds is 8. The van der Waals surface area contributed by atoms with Gasteiger partial charge in [-0.3, -0.25) is 24.4 Å². The summed E-state index contributed by atoms with van der Waals surface area (Å²) in [6, 6.07) is 10.8. The maximum Gasteiger partial charge on any atom is 0.301 e. The van der Waals surface area contributed by atoms with E-state index in [9.17, 15) is 14.4 Å². The molecular formula is C49H58ClF2N11O4. The highest BCUT2D eigenvalue weighted by Crippen LogP contribution is 2.47. The zero-order valence-corrected chi connectivity index (χ0v) is 39.0. The Morgan fingerprint density at radius 1 is 0.910 bits per heavy atom. The van der Waals surface area contributed by atoms with Crippen molar-refractivity contribution in [3.05, 3.63) is 63.7 Å². The quantitative estimate of drug-likeness (QED) is 0.135. The minimum atomic E-state index is -3.13. The number of benzene rings is 2. The van der Waals surface area contributed by atoms with E-state index in [0.29, 0.717) is 76.3 Å². The third-order valence-corrected chi connectivity index (χ3v) is 16.3. The van der Waals surface area contributed by atoms with Gasteiger partial charge in [0.25, 0.3) is 5.56 Å². The maximum absolute atomic E-state index is 15.2. The van der Waals surface area contributed by atoms with Gasteiger partial charge < -0.3 is 34.6 Å². The number of alkyl halides is 2. The van der Waals surface area contributed by atoms with E-state index in [1.807, 2.05) is 23.9 Å². The zero-order valence-electron chi connectivity index (χ0n) is 38.3. The van der Waals surface area contributed by atoms with Gasteiger partial charge in [0.05, 0.1) is 40.6 Å². The number of anilines is 5. The van der Waals surface area contributed by atoms with Gasteiger partial charge in [-0.25, -0.2) is 13.8 Å². The second-order valence-electron chi connectivity index (χ2n) is 20.3. The van der Waals surface area contributed by atoms with Gasteiger partial charge in [0.2, 0.25) is 23.5 Å². The zero-order chi connectivity index (χ0) is 46.4. The van der Waals surface area contributed by atoms with Crippen LogP contribution in [0.3, 0.4) is 0 Å². The number of halogens is 3. The molecule has 8 heterocycles. The Bertz CT molecular complexity index is 2830. The van der Waals surface area contributed by atoms with Crippen LogP contribution in [-0.2, 0) is 23.7 Å². The number of carbonyl (C=O) groups excluding carboxylic acids is 2. The lowest BCUT2D eigenvalue weighted by Crippen LogP contribution is -2.49. The van der Waals surface area contributed by atoms with E-state index < -0.39 is 30.0 Å². The van der Waals surface area contributed by atoms with E-state index in [0.717, 1.165) is 81.7 Å². The minimum Gasteiger partial charge on any atom is -0.480 e. The Morgan fingerprint density at radius 2 is 1.69 bits per heavy atom. The molecule has 2 amide bonds. The second kappa shape index (κ2) is 16.9. The summed E-state index contributed by atoms with van der Waals surface area (Å²) >= 11 is 6.68. The summed E-state index contributed by atoms with van der Waals surface area (Å²) < 4.78 is 39.3. The number of carbonyl (C=O) groups is 2. The molecular weight excluding hydrogens is 880 g/mol. The van der Waals surface area contributed by atoms with E-state index in [1.165, 1.54) is 23.1 Å². The van der Waals surface area contributed by atoms with Crippen LogP contribution in [-0.4, -0.2) is 105 Å². The summed E-state index contributed by atoms with van der Waals surface area (Å²) in [6.45, 7) is 8.59. The van der Waals surface area contributed by atoms with Crippen molar-refractivity contribution in [2.24, 2.45) is 37.3 Å². The van der Waals surface area contributed by atoms with Gasteiger partial charge in [0.1, 0.15) is 5.02 Å². The first kappa shape index (κ1) is 44.0. The minimum absolute atomic E-state index is 0.0970. The molecule has 1 spiro atoms. The Kier molecular flexibility index (Phi) is 11.1. The lowest BCUT2D eigenvalue weighted by atomic mass is 9.71. The van der Waals surface area contributed by atoms with Gasteiger partial charge >= 0.3 is 5.92 Å². The Morgan fingerprint density at radius 3 is 2.43 bits per heavy atom. The molecule has 0 bridgehead atoms. The highest BCUT2D eigenvalue weighted by molar-refractivity contribution is 6.33. The number of piperidine rings is 4. The Hall–Kier alpha value is -5.55. The number of fused-ring (bicyclic) bond motifs is 4. The van der Waals surface area contributed by atoms with Gasteiger partial charge in [0, 0.05) is 75.4 Å². The fraction of sp³-hybridized carbons (Fsp3) is 0.551. The monoisotopic (exact) mass is 937 g/mol. The number of hydrogen-bond acceptors (Lipinski definition) is 12. The molecule has 1 saturated carbocycles. The van der Waals surface area contributed by atoms with Crippen LogP contribution >= 0.6 is 11.6 Å². The van der Waals surface area contributed by atoms with Gasteiger partial charge in [-0.1, -0.05) is 18.5 Å². The van der Waals surface area contributed by atoms with Crippen molar-refractivity contribution in [2.45, 2.75) is 82.6 Å². The number of nitrogens with one attached hydrogen (secondary N) is 3. The van der Waals surface area contributed by atoms with Crippen molar-refractivity contribution in [3.63, 3.8) is 0 Å². The highest BCUT2D eigenvalue weighted by Gasteiger charge is 2.51. The van der Waals surface area contributed by atoms with Crippen LogP contribution in [0, 0.1) is 23.2 Å². The maximum atomic E-state index is 15.2. The van der Waals surface area contributed by atoms with Crippen molar-refractivity contribution in [1.29, 1.82) is 0 Å². The summed E-state index contributed by atoms with van der Waals surface area (Å²) in [7, 11) is 3.54. The topological polar surface area (TPSA) is 155 Å². The van der Waals surface area contributed by atoms with Crippen LogP contribution in [0.2, 0.25) is 5.02 Å². The van der Waals surface area contributed by atoms with Crippen molar-refractivity contribution >= 4 is 74.0 Å². The van der Waals surface area contributed by atoms with Crippen molar-refractivity contribution in [3.8, 4) is 5.75 Å². The van der Waals surface area contributed by atoms with Crippen molar-refractivity contribution < 1.29 is 23.1 Å². The molecule has 0 radical (unpaired) electrons. The van der Waals surface area contributed by atoms with Crippen molar-refractivity contribution in [2.75, 3.05) is 72.9 Å². The van der Waals surface area contributed by atoms with Gasteiger partial charge in [0.15, 0.2) is 12.4 Å². The van der Waals surface area contributed by atoms with E-state index in [4.69, 9.17) is 26.4 Å². The molecule has 18 heteroatoms. The van der Waals surface area contributed by atoms with Gasteiger partial charge in [-0.2, -0.15) is 10.1 Å². The summed E-state index contributed by atoms with van der Waals surface area (Å²) in [5.74, 6) is -2.06. The third-order valence-electron chi connectivity index (χ3n) is 16.0. The molecule has 1 aliphatic carbocycles. The lowest BCUT2D eigenvalue weighted by molar-refractivity contribution is -0.134. The summed E-state index contributed by atoms with van der Waals surface area (Å²) in [5, 5.41) is 15.5. The van der Waals surface area contributed by atoms with E-state index in [1.54, 1.807) is 19.3 Å². The number of nitrogens with zero attached hydrogens (tertiary/aromatic N) is 8. The van der Waals surface area contributed by atoms with Crippen LogP contribution in [0.5, 0.6) is 5.75 Å². The number of hydrogen-bond donors (Lipinski definition) is 3. The predicted molar refractivity (Wildman–Crippen MR) is 255 cm³/mol. The van der Waals surface area contributed by atoms with Gasteiger partial charge in [-0.15, -0.1) is 0 Å². The molecule has 5 aromatic rings. The summed E-state index contributed by atoms with van der Waals surface area (Å²) in [4.78, 5) is 54.7. The number of pyridine rings is 1. The molecule has 15 nitrogen and oxygen atoms in total. The normalized spacial score (nSPS) is 25.4. The molecule has 11 rings (SSSR count). The summed E-state index contributed by atoms with van der Waals surface area (Å²) in [6.07, 6.45) is 9.51. The fourth-order valence-corrected chi connectivity index (χ4v) is 11.8. The first-order chi connectivity index (χ1) is 32.2. The first-order valence-electron chi connectivity index (χ1n) is 24.0. The molecule has 354 valence electrons. The Balaban J connectivity index is 0.694. The third kappa shape index (κ3) is 8.23. The average Bonchev–Trinajstić information content (AvgIpc) is 4.12. The number of aryl methyl sites for hydroxylation is 2. The van der Waals surface area contributed by atoms with Crippen LogP contribution in [0.1, 0.15) is 76.3 Å². The number of aromatic nitrogens is 5. The molecule has 3 aromatic heterocycles. The number of ether oxygens (including phenoxy) is 1. The second-order valence-corrected chi connectivity index (χ2v) is 20.7. The van der Waals surface area contributed by atoms with E-state index in [-0.39, 0.29) is 29.2 Å². The Labute approximate surface area is 392 Å². The molecule has 1 unspecified atom stereocenters. The smallest absolute Gasteiger partial charge is 0.301 e. The van der Waals surface area contributed by atoms with Crippen LogP contribution < -0.4 is 36.0 Å². The van der Waals surface area contributed by atoms with Crippen LogP contribution in [0.4, 0.5) is 37.6 Å². The molecule has 5 fully saturated rings. The summed E-state index contributed by atoms with van der Waals surface area (Å²) in [5.41, 5.74) is 4.28. The average molecular weight is 939 g/mol. The fourth-order valence-electron chi connectivity index (χ4n) is 11.6. The van der Waals surface area contributed by atoms with Crippen LogP contribution in [0.25, 0.3) is 21.8 Å². The number of amides is 2. The molecule has 5 aliphatic heterocycles. The molecule has 3 N–H and O–H groups in total. The van der Waals surface area contributed by atoms with Crippen LogP contribution in [0.15, 0.2) is 47.4 Å². The number of imide groups is 1. The molecule has 6 aliphatic rings. The van der Waals surface area contributed by atoms with E-state index in [2.05, 4.69) is 60.8 Å². The lowest BCUT2D eigenvalue weighted by Gasteiger charge is -2.48. The standard InChI is InChI=1S/C49H58ClF2N11O4/c1-28-25-63(32-7-8-33-38(23-32)60(3)58-40(33)34-9-11-39(64)55-45(34)65)17-12-30(28)26-61-18-13-48(14-19-61)15-20-62(21-16-48)47-53-24-36(50)44(57-47)54-31-6-10-37-35(22-31)41-42(46(66)59(37)2)67-27-49(51,52)43(56-41)29-4-5-29/h6-8,10,22-24,28-30,34,43,56H,4-5,9,11-21,25-27H2,1-3H3,(H,53,54,57)(H,55,64,65)/t28-,30-,34?,43-/m0/s1. The predicted octanol–water partition coefficient (Wildman–Crippen LogP) is 7.20. The van der Waals surface area contributed by atoms with Gasteiger partial charge in [-0.05, 0) is 124 Å². The molecule has 4 atom stereocenters. The van der Waals surface area contributed by atoms with Crippen molar-refractivity contribution in [1.82, 2.24) is 34.5 Å². The molecule has 4 saturated heterocycles. The molecule has 2 aromatic carbocycles. The highest BCUT2D eigenvalue weighted by atomic mass is 35.5. The SMILES string of the molecule is C[C@H]1CN(c2ccc3c(C4CCC(=O)NC4=O)nn(C)c3c2)CC[C@H]1CN1CCC2(CC1)CCN(c1ncc(Cl)c(Nc3ccc4c(c3)c3c(c(=O)n4C)OCC(F)(F)[C@H](C4CC4)N3)n1)CC2. The first-order valence-corrected chi connectivity index (χ1v) is 24.4.